The van der Waals surface area contributed by atoms with Gasteiger partial charge in [-0.1, -0.05) is 6.07 Å². The zero-order valence-electron chi connectivity index (χ0n) is 21.8. The van der Waals surface area contributed by atoms with E-state index in [1.807, 2.05) is 29.2 Å². The van der Waals surface area contributed by atoms with Gasteiger partial charge in [0, 0.05) is 67.2 Å². The topological polar surface area (TPSA) is 83.9 Å². The summed E-state index contributed by atoms with van der Waals surface area (Å²) >= 11 is 0. The van der Waals surface area contributed by atoms with Gasteiger partial charge in [0.2, 0.25) is 0 Å². The van der Waals surface area contributed by atoms with Crippen LogP contribution < -0.4 is 14.4 Å². The molecule has 9 nitrogen and oxygen atoms in total. The lowest BCUT2D eigenvalue weighted by Gasteiger charge is -2.36. The van der Waals surface area contributed by atoms with Gasteiger partial charge in [-0.25, -0.2) is 0 Å². The Morgan fingerprint density at radius 1 is 0.974 bits per heavy atom. The lowest BCUT2D eigenvalue weighted by atomic mass is 9.92. The van der Waals surface area contributed by atoms with E-state index in [0.29, 0.717) is 75.4 Å². The van der Waals surface area contributed by atoms with E-state index < -0.39 is 6.10 Å². The van der Waals surface area contributed by atoms with Crippen molar-refractivity contribution in [2.75, 3.05) is 71.2 Å². The van der Waals surface area contributed by atoms with E-state index in [0.717, 1.165) is 36.4 Å². The molecule has 1 amide bonds. The highest BCUT2D eigenvalue weighted by Gasteiger charge is 2.35. The summed E-state index contributed by atoms with van der Waals surface area (Å²) < 4.78 is 23.0. The van der Waals surface area contributed by atoms with Gasteiger partial charge in [0.1, 0.15) is 17.6 Å². The van der Waals surface area contributed by atoms with Gasteiger partial charge in [-0.05, 0) is 37.1 Å². The molecule has 0 radical (unpaired) electrons. The Bertz CT molecular complexity index is 1200. The lowest BCUT2D eigenvalue weighted by molar-refractivity contribution is 0.0297. The molecule has 4 heterocycles. The largest absolute Gasteiger partial charge is 0.497 e. The Morgan fingerprint density at radius 2 is 1.71 bits per heavy atom. The van der Waals surface area contributed by atoms with Crippen LogP contribution in [0.4, 0.5) is 5.69 Å². The van der Waals surface area contributed by atoms with Crippen LogP contribution in [0.3, 0.4) is 0 Å². The van der Waals surface area contributed by atoms with Gasteiger partial charge in [-0.3, -0.25) is 4.79 Å². The first-order chi connectivity index (χ1) is 18.6. The number of hydrogen-bond acceptors (Lipinski definition) is 8. The van der Waals surface area contributed by atoms with Gasteiger partial charge in [0.25, 0.3) is 5.91 Å². The molecule has 0 spiro atoms. The number of amides is 1. The Balaban J connectivity index is 1.41. The van der Waals surface area contributed by atoms with E-state index in [-0.39, 0.29) is 11.9 Å². The molecule has 0 saturated carbocycles. The van der Waals surface area contributed by atoms with Gasteiger partial charge in [0.05, 0.1) is 39.6 Å². The Labute approximate surface area is 223 Å². The average Bonchev–Trinajstić information content (AvgIpc) is 3.47. The van der Waals surface area contributed by atoms with E-state index in [2.05, 4.69) is 15.9 Å². The molecule has 2 aromatic carbocycles. The molecule has 9 heteroatoms. The van der Waals surface area contributed by atoms with Gasteiger partial charge >= 0.3 is 0 Å². The summed E-state index contributed by atoms with van der Waals surface area (Å²) in [6, 6.07) is 11.8. The van der Waals surface area contributed by atoms with Gasteiger partial charge in [-0.15, -0.1) is 0 Å². The van der Waals surface area contributed by atoms with Crippen LogP contribution in [0.1, 0.15) is 46.5 Å². The van der Waals surface area contributed by atoms with Crippen LogP contribution in [-0.2, 0) is 9.47 Å². The van der Waals surface area contributed by atoms with Crippen molar-refractivity contribution in [3.63, 3.8) is 0 Å². The Kier molecular flexibility index (Phi) is 7.14. The molecule has 2 atom stereocenters. The number of anilines is 1. The van der Waals surface area contributed by atoms with Crippen molar-refractivity contribution in [2.45, 2.75) is 25.0 Å². The predicted molar refractivity (Wildman–Crippen MR) is 142 cm³/mol. The van der Waals surface area contributed by atoms with Crippen LogP contribution in [0, 0.1) is 0 Å². The van der Waals surface area contributed by atoms with Crippen molar-refractivity contribution in [3.05, 3.63) is 65.0 Å². The summed E-state index contributed by atoms with van der Waals surface area (Å²) in [5.41, 5.74) is 3.20. The normalized spacial score (nSPS) is 23.5. The smallest absolute Gasteiger partial charge is 0.254 e. The minimum Gasteiger partial charge on any atom is -0.497 e. The summed E-state index contributed by atoms with van der Waals surface area (Å²) in [7, 11) is 1.67. The first-order valence-electron chi connectivity index (χ1n) is 13.5. The molecule has 3 saturated heterocycles. The third-order valence-electron chi connectivity index (χ3n) is 7.84. The fourth-order valence-electron chi connectivity index (χ4n) is 5.84. The maximum absolute atomic E-state index is 13.6. The number of methoxy groups -OCH3 is 1. The summed E-state index contributed by atoms with van der Waals surface area (Å²) in [6.45, 7) is 5.72. The van der Waals surface area contributed by atoms with E-state index in [4.69, 9.17) is 18.9 Å². The third-order valence-corrected chi connectivity index (χ3v) is 7.84. The molecule has 0 aliphatic carbocycles. The van der Waals surface area contributed by atoms with Gasteiger partial charge in [0.15, 0.2) is 5.88 Å². The first-order valence-corrected chi connectivity index (χ1v) is 13.5. The molecule has 2 aromatic rings. The number of aliphatic hydroxyl groups is 1. The highest BCUT2D eigenvalue weighted by Crippen LogP contribution is 2.46. The van der Waals surface area contributed by atoms with Crippen LogP contribution in [-0.4, -0.2) is 87.1 Å². The molecule has 0 bridgehead atoms. The number of carbonyl (C=O) groups is 1. The van der Waals surface area contributed by atoms with Crippen LogP contribution in [0.15, 0.2) is 48.4 Å². The monoisotopic (exact) mass is 521 g/mol. The number of aliphatic hydroxyl groups excluding tert-OH is 1. The average molecular weight is 522 g/mol. The molecule has 1 N–H and O–H groups in total. The molecule has 3 fully saturated rings. The van der Waals surface area contributed by atoms with Crippen LogP contribution in [0.2, 0.25) is 0 Å². The van der Waals surface area contributed by atoms with E-state index >= 15 is 0 Å². The summed E-state index contributed by atoms with van der Waals surface area (Å²) in [5, 5.41) is 11.3. The molecule has 202 valence electrons. The minimum atomic E-state index is -0.876. The maximum atomic E-state index is 13.6. The number of ether oxygens (including phenoxy) is 4. The molecule has 1 unspecified atom stereocenters. The number of hydrogen-bond donors (Lipinski definition) is 1. The SMILES string of the molecule is COc1cccc(N2CCC[C@@H]2c2cc(C(=O)N3CCOCC3)cc3c2OC(N2CCOCC2)=CC3O)c1. The summed E-state index contributed by atoms with van der Waals surface area (Å²) in [5.74, 6) is 2.06. The summed E-state index contributed by atoms with van der Waals surface area (Å²) in [6.07, 6.45) is 2.79. The number of fused-ring (bicyclic) bond motifs is 1. The third kappa shape index (κ3) is 4.81. The van der Waals surface area contributed by atoms with Crippen molar-refractivity contribution in [2.24, 2.45) is 0 Å². The Hall–Kier alpha value is -3.27. The fourth-order valence-corrected chi connectivity index (χ4v) is 5.84. The molecular weight excluding hydrogens is 486 g/mol. The van der Waals surface area contributed by atoms with Crippen molar-refractivity contribution in [1.82, 2.24) is 9.80 Å². The number of morpholine rings is 2. The van der Waals surface area contributed by atoms with Gasteiger partial charge in [-0.2, -0.15) is 0 Å². The second-order valence-electron chi connectivity index (χ2n) is 10.1. The molecular formula is C29H35N3O6. The van der Waals surface area contributed by atoms with Crippen molar-refractivity contribution in [1.29, 1.82) is 0 Å². The van der Waals surface area contributed by atoms with E-state index in [1.165, 1.54) is 0 Å². The summed E-state index contributed by atoms with van der Waals surface area (Å²) in [4.78, 5) is 19.9. The molecule has 38 heavy (non-hydrogen) atoms. The zero-order valence-corrected chi connectivity index (χ0v) is 21.8. The zero-order chi connectivity index (χ0) is 26.1. The molecule has 6 rings (SSSR count). The van der Waals surface area contributed by atoms with E-state index in [1.54, 1.807) is 19.3 Å². The standard InChI is InChI=1S/C29H35N3O6/c1-35-22-5-2-4-21(18-22)32-7-3-6-25(32)23-16-20(29(34)31-10-14-37-15-11-31)17-24-26(33)19-27(38-28(23)24)30-8-12-36-13-9-30/h2,4-5,16-19,25-26,33H,3,6-15H2,1H3/t25-,26?/m1/s1. The number of carbonyl (C=O) groups excluding carboxylic acids is 1. The lowest BCUT2D eigenvalue weighted by Crippen LogP contribution is -2.41. The van der Waals surface area contributed by atoms with Crippen LogP contribution >= 0.6 is 0 Å². The minimum absolute atomic E-state index is 0.00969. The second kappa shape index (κ2) is 10.8. The number of rotatable bonds is 5. The molecule has 0 aromatic heterocycles. The van der Waals surface area contributed by atoms with Crippen molar-refractivity contribution < 1.29 is 28.8 Å². The number of benzene rings is 2. The fraction of sp³-hybridized carbons (Fsp3) is 0.483. The van der Waals surface area contributed by atoms with Crippen LogP contribution in [0.25, 0.3) is 0 Å². The number of nitrogens with zero attached hydrogens (tertiary/aromatic N) is 3. The highest BCUT2D eigenvalue weighted by molar-refractivity contribution is 5.95. The Morgan fingerprint density at radius 3 is 2.47 bits per heavy atom. The van der Waals surface area contributed by atoms with Gasteiger partial charge < -0.3 is 38.8 Å². The highest BCUT2D eigenvalue weighted by atomic mass is 16.5. The van der Waals surface area contributed by atoms with E-state index in [9.17, 15) is 9.90 Å². The van der Waals surface area contributed by atoms with Crippen molar-refractivity contribution in [3.8, 4) is 11.5 Å². The van der Waals surface area contributed by atoms with Crippen LogP contribution in [0.5, 0.6) is 11.5 Å². The quantitative estimate of drug-likeness (QED) is 0.643. The predicted octanol–water partition coefficient (Wildman–Crippen LogP) is 3.11. The van der Waals surface area contributed by atoms with Crippen molar-refractivity contribution >= 4 is 11.6 Å². The molecule has 4 aliphatic rings. The maximum Gasteiger partial charge on any atom is 0.254 e. The molecule has 4 aliphatic heterocycles. The first kappa shape index (κ1) is 25.0. The second-order valence-corrected chi connectivity index (χ2v) is 10.1.